The van der Waals surface area contributed by atoms with E-state index >= 15 is 0 Å². The average Bonchev–Trinajstić information content (AvgIpc) is 2.33. The molecule has 0 aromatic carbocycles. The van der Waals surface area contributed by atoms with Crippen molar-refractivity contribution in [1.29, 1.82) is 0 Å². The van der Waals surface area contributed by atoms with E-state index in [2.05, 4.69) is 15.0 Å². The van der Waals surface area contributed by atoms with Crippen molar-refractivity contribution in [3.63, 3.8) is 0 Å². The molecule has 8 heteroatoms. The zero-order valence-electron chi connectivity index (χ0n) is 10.8. The number of hydrogen-bond acceptors (Lipinski definition) is 5. The summed E-state index contributed by atoms with van der Waals surface area (Å²) in [5.41, 5.74) is 0. The van der Waals surface area contributed by atoms with Gasteiger partial charge in [0.05, 0.1) is 25.9 Å². The van der Waals surface area contributed by atoms with Crippen molar-refractivity contribution >= 4 is 0 Å². The topological polar surface area (TPSA) is 54.0 Å². The molecule has 0 bridgehead atoms. The lowest BCUT2D eigenvalue weighted by atomic mass is 10.3. The third kappa shape index (κ3) is 9.17. The summed E-state index contributed by atoms with van der Waals surface area (Å²) in [5.74, 6) is 0. The molecule has 5 nitrogen and oxygen atoms in total. The highest BCUT2D eigenvalue weighted by Gasteiger charge is 2.27. The number of hydrogen-bond donors (Lipinski definition) is 2. The Balaban J connectivity index is 1.93. The molecule has 19 heavy (non-hydrogen) atoms. The number of halogens is 3. The molecule has 1 saturated heterocycles. The fourth-order valence-electron chi connectivity index (χ4n) is 1.75. The predicted octanol–water partition coefficient (Wildman–Crippen LogP) is -0.152. The fraction of sp³-hybridized carbons (Fsp3) is 1.00. The van der Waals surface area contributed by atoms with Gasteiger partial charge in [-0.2, -0.15) is 13.2 Å². The average molecular weight is 286 g/mol. The number of nitrogens with one attached hydrogen (secondary N) is 1. The van der Waals surface area contributed by atoms with E-state index in [-0.39, 0.29) is 13.2 Å². The van der Waals surface area contributed by atoms with Crippen LogP contribution in [0.25, 0.3) is 0 Å². The van der Waals surface area contributed by atoms with Crippen molar-refractivity contribution < 1.29 is 27.8 Å². The second-order valence-electron chi connectivity index (χ2n) is 4.44. The molecule has 1 atom stereocenters. The highest BCUT2D eigenvalue weighted by molar-refractivity contribution is 4.69. The molecule has 2 N–H and O–H groups in total. The molecular formula is C11H21F3N2O3. The number of alkyl halides is 3. The molecule has 0 spiro atoms. The van der Waals surface area contributed by atoms with E-state index in [9.17, 15) is 18.3 Å². The zero-order valence-corrected chi connectivity index (χ0v) is 10.8. The predicted molar refractivity (Wildman–Crippen MR) is 63.0 cm³/mol. The Hall–Kier alpha value is -0.410. The quantitative estimate of drug-likeness (QED) is 0.608. The number of β-amino-alcohol motifs (C(OH)–C–C–N with tert-alkyl or cyclic N) is 1. The van der Waals surface area contributed by atoms with Crippen LogP contribution in [-0.4, -0.2) is 81.4 Å². The molecule has 1 aliphatic heterocycles. The fourth-order valence-corrected chi connectivity index (χ4v) is 1.75. The number of morpholine rings is 1. The Kier molecular flexibility index (Phi) is 7.62. The van der Waals surface area contributed by atoms with Crippen LogP contribution in [0, 0.1) is 0 Å². The van der Waals surface area contributed by atoms with Gasteiger partial charge in [-0.1, -0.05) is 0 Å². The molecule has 1 unspecified atom stereocenters. The Morgan fingerprint density at radius 3 is 2.63 bits per heavy atom. The monoisotopic (exact) mass is 286 g/mol. The molecule has 0 radical (unpaired) electrons. The van der Waals surface area contributed by atoms with Crippen molar-refractivity contribution in [3.05, 3.63) is 0 Å². The summed E-state index contributed by atoms with van der Waals surface area (Å²) >= 11 is 0. The van der Waals surface area contributed by atoms with Crippen molar-refractivity contribution in [3.8, 4) is 0 Å². The molecule has 1 heterocycles. The lowest BCUT2D eigenvalue weighted by molar-refractivity contribution is -0.173. The summed E-state index contributed by atoms with van der Waals surface area (Å²) in [6.45, 7) is 2.85. The van der Waals surface area contributed by atoms with Crippen LogP contribution in [0.2, 0.25) is 0 Å². The van der Waals surface area contributed by atoms with Gasteiger partial charge in [-0.3, -0.25) is 4.90 Å². The van der Waals surface area contributed by atoms with Gasteiger partial charge in [0.15, 0.2) is 0 Å². The van der Waals surface area contributed by atoms with Gasteiger partial charge in [0, 0.05) is 32.7 Å². The van der Waals surface area contributed by atoms with Crippen LogP contribution < -0.4 is 5.32 Å². The van der Waals surface area contributed by atoms with Crippen LogP contribution in [0.5, 0.6) is 0 Å². The van der Waals surface area contributed by atoms with Crippen LogP contribution >= 0.6 is 0 Å². The third-order valence-electron chi connectivity index (χ3n) is 2.64. The maximum atomic E-state index is 11.8. The maximum Gasteiger partial charge on any atom is 0.411 e. The van der Waals surface area contributed by atoms with E-state index in [0.29, 0.717) is 26.3 Å². The summed E-state index contributed by atoms with van der Waals surface area (Å²) in [7, 11) is 0. The molecular weight excluding hydrogens is 265 g/mol. The summed E-state index contributed by atoms with van der Waals surface area (Å²) < 4.78 is 44.9. The van der Waals surface area contributed by atoms with E-state index in [0.717, 1.165) is 13.1 Å². The van der Waals surface area contributed by atoms with Gasteiger partial charge in [-0.25, -0.2) is 0 Å². The first-order chi connectivity index (χ1) is 8.97. The number of aliphatic hydroxyl groups is 1. The molecule has 0 saturated carbocycles. The zero-order chi connectivity index (χ0) is 14.1. The highest BCUT2D eigenvalue weighted by Crippen LogP contribution is 2.13. The maximum absolute atomic E-state index is 11.8. The van der Waals surface area contributed by atoms with Crippen LogP contribution in [-0.2, 0) is 9.47 Å². The van der Waals surface area contributed by atoms with Crippen LogP contribution in [0.3, 0.4) is 0 Å². The normalized spacial score (nSPS) is 19.6. The van der Waals surface area contributed by atoms with Gasteiger partial charge in [0.2, 0.25) is 0 Å². The van der Waals surface area contributed by atoms with E-state index in [4.69, 9.17) is 4.74 Å². The smallest absolute Gasteiger partial charge is 0.390 e. The van der Waals surface area contributed by atoms with Crippen molar-refractivity contribution in [1.82, 2.24) is 10.2 Å². The minimum absolute atomic E-state index is 0.0240. The largest absolute Gasteiger partial charge is 0.411 e. The first-order valence-corrected chi connectivity index (χ1v) is 6.31. The SMILES string of the molecule is OC(CNCCOCC(F)(F)F)CN1CCOCC1. The lowest BCUT2D eigenvalue weighted by Crippen LogP contribution is -2.44. The Bertz CT molecular complexity index is 236. The summed E-state index contributed by atoms with van der Waals surface area (Å²) in [4.78, 5) is 2.09. The summed E-state index contributed by atoms with van der Waals surface area (Å²) in [5, 5.41) is 12.6. The minimum atomic E-state index is -4.28. The van der Waals surface area contributed by atoms with Gasteiger partial charge in [0.1, 0.15) is 6.61 Å². The van der Waals surface area contributed by atoms with E-state index < -0.39 is 18.9 Å². The van der Waals surface area contributed by atoms with Gasteiger partial charge < -0.3 is 19.9 Å². The molecule has 114 valence electrons. The summed E-state index contributed by atoms with van der Waals surface area (Å²) in [6.07, 6.45) is -4.82. The highest BCUT2D eigenvalue weighted by atomic mass is 19.4. The Labute approximate surface area is 110 Å². The lowest BCUT2D eigenvalue weighted by Gasteiger charge is -2.28. The Morgan fingerprint density at radius 2 is 2.00 bits per heavy atom. The van der Waals surface area contributed by atoms with Gasteiger partial charge >= 0.3 is 6.18 Å². The van der Waals surface area contributed by atoms with Crippen molar-refractivity contribution in [2.24, 2.45) is 0 Å². The van der Waals surface area contributed by atoms with Crippen molar-refractivity contribution in [2.75, 3.05) is 59.2 Å². The number of rotatable bonds is 8. The minimum Gasteiger partial charge on any atom is -0.390 e. The molecule has 0 aliphatic carbocycles. The number of aliphatic hydroxyl groups excluding tert-OH is 1. The Morgan fingerprint density at radius 1 is 1.32 bits per heavy atom. The first-order valence-electron chi connectivity index (χ1n) is 6.31. The standard InChI is InChI=1S/C11H21F3N2O3/c12-11(13,14)9-19-4-1-15-7-10(17)8-16-2-5-18-6-3-16/h10,15,17H,1-9H2. The molecule has 1 aliphatic rings. The number of ether oxygens (including phenoxy) is 2. The molecule has 0 aromatic heterocycles. The van der Waals surface area contributed by atoms with Crippen molar-refractivity contribution in [2.45, 2.75) is 12.3 Å². The molecule has 0 aromatic rings. The molecule has 1 rings (SSSR count). The molecule has 1 fully saturated rings. The van der Waals surface area contributed by atoms with Crippen LogP contribution in [0.1, 0.15) is 0 Å². The van der Waals surface area contributed by atoms with E-state index in [1.165, 1.54) is 0 Å². The van der Waals surface area contributed by atoms with E-state index in [1.54, 1.807) is 0 Å². The van der Waals surface area contributed by atoms with Crippen LogP contribution in [0.15, 0.2) is 0 Å². The third-order valence-corrected chi connectivity index (χ3v) is 2.64. The van der Waals surface area contributed by atoms with Gasteiger partial charge in [-0.05, 0) is 0 Å². The second-order valence-corrected chi connectivity index (χ2v) is 4.44. The number of nitrogens with zero attached hydrogens (tertiary/aromatic N) is 1. The summed E-state index contributed by atoms with van der Waals surface area (Å²) in [6, 6.07) is 0. The second kappa shape index (κ2) is 8.70. The molecule has 0 amide bonds. The van der Waals surface area contributed by atoms with E-state index in [1.807, 2.05) is 0 Å². The first kappa shape index (κ1) is 16.6. The van der Waals surface area contributed by atoms with Gasteiger partial charge in [0.25, 0.3) is 0 Å². The van der Waals surface area contributed by atoms with Crippen LogP contribution in [0.4, 0.5) is 13.2 Å². The van der Waals surface area contributed by atoms with Gasteiger partial charge in [-0.15, -0.1) is 0 Å².